The number of likely N-dealkylation sites (tertiary alicyclic amines) is 1. The van der Waals surface area contributed by atoms with Gasteiger partial charge < -0.3 is 4.90 Å². The van der Waals surface area contributed by atoms with Crippen LogP contribution in [0.3, 0.4) is 0 Å². The molecule has 2 nitrogen and oxygen atoms in total. The molecule has 0 unspecified atom stereocenters. The molecular formula is C29H24BrF2NO. The van der Waals surface area contributed by atoms with Crippen LogP contribution in [-0.4, -0.2) is 23.9 Å². The van der Waals surface area contributed by atoms with E-state index < -0.39 is 0 Å². The number of nitrogens with zero attached hydrogens (tertiary/aromatic N) is 1. The van der Waals surface area contributed by atoms with Crippen molar-refractivity contribution in [3.05, 3.63) is 123 Å². The molecule has 3 aromatic carbocycles. The van der Waals surface area contributed by atoms with Gasteiger partial charge in [0.1, 0.15) is 11.6 Å². The summed E-state index contributed by atoms with van der Waals surface area (Å²) in [6.07, 6.45) is 8.57. The first-order chi connectivity index (χ1) is 16.4. The highest BCUT2D eigenvalue weighted by molar-refractivity contribution is 9.10. The molecule has 5 heteroatoms. The number of rotatable bonds is 5. The van der Waals surface area contributed by atoms with Crippen LogP contribution < -0.4 is 0 Å². The number of carbonyl (C=O) groups is 1. The van der Waals surface area contributed by atoms with Crippen LogP contribution in [0.15, 0.2) is 94.5 Å². The summed E-state index contributed by atoms with van der Waals surface area (Å²) >= 11 is 3.45. The van der Waals surface area contributed by atoms with E-state index in [1.165, 1.54) is 24.3 Å². The van der Waals surface area contributed by atoms with E-state index in [1.54, 1.807) is 17.0 Å². The van der Waals surface area contributed by atoms with Crippen LogP contribution in [0.5, 0.6) is 0 Å². The number of amides is 1. The molecule has 1 aliphatic heterocycles. The number of benzene rings is 3. The van der Waals surface area contributed by atoms with Gasteiger partial charge in [0.15, 0.2) is 0 Å². The fraction of sp³-hybridized carbons (Fsp3) is 0.138. The largest absolute Gasteiger partial charge is 0.334 e. The number of halogens is 3. The molecule has 4 rings (SSSR count). The predicted octanol–water partition coefficient (Wildman–Crippen LogP) is 7.53. The van der Waals surface area contributed by atoms with Crippen molar-refractivity contribution in [3.8, 4) is 0 Å². The number of carbonyl (C=O) groups excluding carboxylic acids is 1. The second-order valence-corrected chi connectivity index (χ2v) is 9.22. The van der Waals surface area contributed by atoms with Gasteiger partial charge in [-0.1, -0.05) is 76.6 Å². The first-order valence-electron chi connectivity index (χ1n) is 11.0. The highest BCUT2D eigenvalue weighted by atomic mass is 79.9. The zero-order valence-electron chi connectivity index (χ0n) is 18.6. The van der Waals surface area contributed by atoms with Gasteiger partial charge in [-0.3, -0.25) is 4.79 Å². The summed E-state index contributed by atoms with van der Waals surface area (Å²) in [5.74, 6) is -0.598. The van der Waals surface area contributed by atoms with E-state index in [4.69, 9.17) is 0 Å². The van der Waals surface area contributed by atoms with Gasteiger partial charge >= 0.3 is 0 Å². The quantitative estimate of drug-likeness (QED) is 0.341. The Morgan fingerprint density at radius 3 is 1.94 bits per heavy atom. The molecule has 0 aliphatic carbocycles. The minimum absolute atomic E-state index is 0.00114. The van der Waals surface area contributed by atoms with E-state index >= 15 is 0 Å². The number of piperidine rings is 1. The Morgan fingerprint density at radius 2 is 1.38 bits per heavy atom. The normalized spacial score (nSPS) is 16.5. The van der Waals surface area contributed by atoms with Gasteiger partial charge in [-0.05, 0) is 70.7 Å². The molecule has 0 radical (unpaired) electrons. The van der Waals surface area contributed by atoms with Gasteiger partial charge in [-0.15, -0.1) is 0 Å². The summed E-state index contributed by atoms with van der Waals surface area (Å²) in [4.78, 5) is 14.8. The summed E-state index contributed by atoms with van der Waals surface area (Å²) in [5.41, 5.74) is 4.53. The molecule has 1 amide bonds. The van der Waals surface area contributed by atoms with Crippen molar-refractivity contribution in [3.63, 3.8) is 0 Å². The third kappa shape index (κ3) is 6.84. The standard InChI is InChI=1S/C29H24BrF2NO/c30-26-9-1-5-21(16-26)6-4-12-29(34)33-19-24(13-22-7-2-10-27(31)17-22)15-25(20-33)14-23-8-3-11-28(32)18-23/h1-11,13-14,16-18H,12,15,19-20H2/b6-4?,24-13+,25-14?. The van der Waals surface area contributed by atoms with E-state index in [2.05, 4.69) is 15.9 Å². The monoisotopic (exact) mass is 519 g/mol. The van der Waals surface area contributed by atoms with Crippen molar-refractivity contribution in [2.75, 3.05) is 13.1 Å². The molecule has 172 valence electrons. The third-order valence-electron chi connectivity index (χ3n) is 5.49. The molecular weight excluding hydrogens is 496 g/mol. The molecule has 0 atom stereocenters. The minimum Gasteiger partial charge on any atom is -0.334 e. The molecule has 0 aromatic heterocycles. The lowest BCUT2D eigenvalue weighted by Gasteiger charge is -2.31. The van der Waals surface area contributed by atoms with E-state index in [0.29, 0.717) is 19.5 Å². The molecule has 0 N–H and O–H groups in total. The summed E-state index contributed by atoms with van der Waals surface area (Å²) in [6, 6.07) is 20.7. The molecule has 1 saturated heterocycles. The first-order valence-corrected chi connectivity index (χ1v) is 11.8. The van der Waals surface area contributed by atoms with Gasteiger partial charge in [-0.25, -0.2) is 8.78 Å². The van der Waals surface area contributed by atoms with Crippen LogP contribution in [-0.2, 0) is 4.79 Å². The SMILES string of the molecule is O=C(CC=Cc1cccc(Br)c1)N1CC(=Cc2cccc(F)c2)C/C(=C\c2cccc(F)c2)C1. The molecule has 34 heavy (non-hydrogen) atoms. The van der Waals surface area contributed by atoms with Crippen molar-refractivity contribution in [2.24, 2.45) is 0 Å². The average molecular weight is 520 g/mol. The Morgan fingerprint density at radius 1 is 0.824 bits per heavy atom. The van der Waals surface area contributed by atoms with E-state index in [-0.39, 0.29) is 24.0 Å². The fourth-order valence-corrected chi connectivity index (χ4v) is 4.44. The Labute approximate surface area is 207 Å². The van der Waals surface area contributed by atoms with Crippen molar-refractivity contribution in [2.45, 2.75) is 12.8 Å². The molecule has 0 bridgehead atoms. The van der Waals surface area contributed by atoms with Crippen LogP contribution in [0.2, 0.25) is 0 Å². The van der Waals surface area contributed by atoms with Crippen molar-refractivity contribution < 1.29 is 13.6 Å². The Bertz CT molecular complexity index is 1210. The van der Waals surface area contributed by atoms with Gasteiger partial charge in [-0.2, -0.15) is 0 Å². The zero-order chi connectivity index (χ0) is 23.9. The Hall–Kier alpha value is -3.31. The first kappa shape index (κ1) is 23.8. The highest BCUT2D eigenvalue weighted by Gasteiger charge is 2.22. The molecule has 1 heterocycles. The van der Waals surface area contributed by atoms with E-state index in [9.17, 15) is 13.6 Å². The fourth-order valence-electron chi connectivity index (χ4n) is 4.02. The second-order valence-electron chi connectivity index (χ2n) is 8.30. The van der Waals surface area contributed by atoms with Crippen molar-refractivity contribution >= 4 is 40.1 Å². The second kappa shape index (κ2) is 11.2. The molecule has 0 saturated carbocycles. The summed E-state index contributed by atoms with van der Waals surface area (Å²) < 4.78 is 28.3. The Kier molecular flexibility index (Phi) is 7.86. The van der Waals surface area contributed by atoms with Crippen LogP contribution in [0.4, 0.5) is 8.78 Å². The van der Waals surface area contributed by atoms with E-state index in [1.807, 2.05) is 60.7 Å². The van der Waals surface area contributed by atoms with Crippen LogP contribution in [0.25, 0.3) is 18.2 Å². The van der Waals surface area contributed by atoms with Crippen LogP contribution >= 0.6 is 15.9 Å². The molecule has 1 fully saturated rings. The summed E-state index contributed by atoms with van der Waals surface area (Å²) in [6.45, 7) is 0.946. The summed E-state index contributed by atoms with van der Waals surface area (Å²) in [5, 5.41) is 0. The molecule has 3 aromatic rings. The molecule has 1 aliphatic rings. The van der Waals surface area contributed by atoms with Gasteiger partial charge in [0.2, 0.25) is 5.91 Å². The predicted molar refractivity (Wildman–Crippen MR) is 138 cm³/mol. The zero-order valence-corrected chi connectivity index (χ0v) is 20.1. The minimum atomic E-state index is -0.300. The number of hydrogen-bond acceptors (Lipinski definition) is 1. The lowest BCUT2D eigenvalue weighted by Crippen LogP contribution is -2.37. The molecule has 0 spiro atoms. The lowest BCUT2D eigenvalue weighted by molar-refractivity contribution is -0.129. The van der Waals surface area contributed by atoms with Crippen molar-refractivity contribution in [1.29, 1.82) is 0 Å². The summed E-state index contributed by atoms with van der Waals surface area (Å²) in [7, 11) is 0. The topological polar surface area (TPSA) is 20.3 Å². The maximum absolute atomic E-state index is 13.7. The third-order valence-corrected chi connectivity index (χ3v) is 5.98. The maximum atomic E-state index is 13.7. The van der Waals surface area contributed by atoms with Crippen LogP contribution in [0, 0.1) is 11.6 Å². The van der Waals surface area contributed by atoms with Gasteiger partial charge in [0.25, 0.3) is 0 Å². The van der Waals surface area contributed by atoms with Crippen molar-refractivity contribution in [1.82, 2.24) is 4.90 Å². The smallest absolute Gasteiger partial charge is 0.226 e. The number of hydrogen-bond donors (Lipinski definition) is 0. The van der Waals surface area contributed by atoms with Gasteiger partial charge in [0.05, 0.1) is 0 Å². The van der Waals surface area contributed by atoms with E-state index in [0.717, 1.165) is 32.3 Å². The van der Waals surface area contributed by atoms with Gasteiger partial charge in [0, 0.05) is 24.0 Å². The average Bonchev–Trinajstić information content (AvgIpc) is 2.79. The maximum Gasteiger partial charge on any atom is 0.226 e. The van der Waals surface area contributed by atoms with Crippen LogP contribution in [0.1, 0.15) is 29.5 Å². The Balaban J connectivity index is 1.55. The lowest BCUT2D eigenvalue weighted by atomic mass is 9.95. The highest BCUT2D eigenvalue weighted by Crippen LogP contribution is 2.26.